The topological polar surface area (TPSA) is 41.6 Å². The Labute approximate surface area is 127 Å². The third kappa shape index (κ3) is 4.74. The maximum atomic E-state index is 12.1. The van der Waals surface area contributed by atoms with Crippen LogP contribution in [0.25, 0.3) is 0 Å². The monoisotopic (exact) mass is 290 g/mol. The summed E-state index contributed by atoms with van der Waals surface area (Å²) in [6.45, 7) is 0.987. The largest absolute Gasteiger partial charge is 0.496 e. The lowest BCUT2D eigenvalue weighted by atomic mass is 9.94. The van der Waals surface area contributed by atoms with Crippen molar-refractivity contribution in [3.63, 3.8) is 0 Å². The molecule has 4 nitrogen and oxygen atoms in total. The van der Waals surface area contributed by atoms with Gasteiger partial charge in [-0.1, -0.05) is 37.5 Å². The van der Waals surface area contributed by atoms with Gasteiger partial charge in [-0.3, -0.25) is 9.69 Å². The molecule has 4 heteroatoms. The highest BCUT2D eigenvalue weighted by atomic mass is 16.5. The lowest BCUT2D eigenvalue weighted by Crippen LogP contribution is -2.41. The fourth-order valence-electron chi connectivity index (χ4n) is 2.98. The second-order valence-electron chi connectivity index (χ2n) is 5.80. The molecule has 0 spiro atoms. The van der Waals surface area contributed by atoms with Crippen LogP contribution in [-0.2, 0) is 11.3 Å². The summed E-state index contributed by atoms with van der Waals surface area (Å²) in [6.07, 6.45) is 6.35. The smallest absolute Gasteiger partial charge is 0.234 e. The summed E-state index contributed by atoms with van der Waals surface area (Å²) in [6, 6.07) is 8.34. The molecular formula is C17H26N2O2. The molecule has 116 valence electrons. The fourth-order valence-corrected chi connectivity index (χ4v) is 2.98. The van der Waals surface area contributed by atoms with Crippen LogP contribution >= 0.6 is 0 Å². The first kappa shape index (κ1) is 15.8. The molecule has 0 radical (unpaired) electrons. The number of hydrogen-bond donors (Lipinski definition) is 1. The molecule has 2 rings (SSSR count). The Morgan fingerprint density at radius 2 is 2.00 bits per heavy atom. The summed E-state index contributed by atoms with van der Waals surface area (Å²) < 4.78 is 5.29. The van der Waals surface area contributed by atoms with Crippen LogP contribution in [0.5, 0.6) is 5.75 Å². The van der Waals surface area contributed by atoms with Crippen LogP contribution in [0.15, 0.2) is 24.3 Å². The van der Waals surface area contributed by atoms with Crippen molar-refractivity contribution in [3.8, 4) is 5.75 Å². The van der Waals surface area contributed by atoms with Gasteiger partial charge in [0.15, 0.2) is 0 Å². The van der Waals surface area contributed by atoms with E-state index in [-0.39, 0.29) is 5.91 Å². The number of hydrogen-bond acceptors (Lipinski definition) is 3. The molecule has 0 aliphatic heterocycles. The summed E-state index contributed by atoms with van der Waals surface area (Å²) >= 11 is 0. The van der Waals surface area contributed by atoms with E-state index in [4.69, 9.17) is 4.74 Å². The van der Waals surface area contributed by atoms with Crippen molar-refractivity contribution in [2.75, 3.05) is 20.7 Å². The van der Waals surface area contributed by atoms with Crippen molar-refractivity contribution in [1.82, 2.24) is 10.2 Å². The quantitative estimate of drug-likeness (QED) is 0.875. The van der Waals surface area contributed by atoms with Crippen LogP contribution < -0.4 is 10.1 Å². The van der Waals surface area contributed by atoms with Crippen LogP contribution in [0.3, 0.4) is 0 Å². The average molecular weight is 290 g/mol. The van der Waals surface area contributed by atoms with Gasteiger partial charge in [0.1, 0.15) is 5.75 Å². The average Bonchev–Trinajstić information content (AvgIpc) is 2.54. The van der Waals surface area contributed by atoms with Crippen molar-refractivity contribution in [2.24, 2.45) is 0 Å². The van der Waals surface area contributed by atoms with E-state index in [1.54, 1.807) is 7.11 Å². The van der Waals surface area contributed by atoms with Gasteiger partial charge in [-0.2, -0.15) is 0 Å². The van der Waals surface area contributed by atoms with Gasteiger partial charge in [-0.25, -0.2) is 0 Å². The zero-order valence-electron chi connectivity index (χ0n) is 13.1. The molecule has 1 aromatic rings. The van der Waals surface area contributed by atoms with Crippen molar-refractivity contribution in [3.05, 3.63) is 29.8 Å². The number of methoxy groups -OCH3 is 1. The Morgan fingerprint density at radius 1 is 1.29 bits per heavy atom. The van der Waals surface area contributed by atoms with Gasteiger partial charge in [0.05, 0.1) is 13.7 Å². The lowest BCUT2D eigenvalue weighted by molar-refractivity contribution is -0.122. The molecule has 1 aliphatic rings. The summed E-state index contributed by atoms with van der Waals surface area (Å²) in [5, 5.41) is 2.98. The Kier molecular flexibility index (Phi) is 6.05. The van der Waals surface area contributed by atoms with Crippen LogP contribution in [0.1, 0.15) is 37.7 Å². The Hall–Kier alpha value is -1.55. The summed E-state index contributed by atoms with van der Waals surface area (Å²) in [5.74, 6) is 0.896. The van der Waals surface area contributed by atoms with E-state index in [9.17, 15) is 4.79 Å². The summed E-state index contributed by atoms with van der Waals surface area (Å²) in [7, 11) is 3.70. The van der Waals surface area contributed by atoms with Crippen molar-refractivity contribution in [2.45, 2.75) is 44.7 Å². The molecule has 1 aromatic carbocycles. The zero-order chi connectivity index (χ0) is 15.1. The van der Waals surface area contributed by atoms with E-state index in [0.717, 1.165) is 11.3 Å². The van der Waals surface area contributed by atoms with Gasteiger partial charge >= 0.3 is 0 Å². The molecule has 0 saturated heterocycles. The fraction of sp³-hybridized carbons (Fsp3) is 0.588. The number of carbonyl (C=O) groups excluding carboxylic acids is 1. The minimum atomic E-state index is 0.0778. The maximum Gasteiger partial charge on any atom is 0.234 e. The molecule has 0 bridgehead atoms. The van der Waals surface area contributed by atoms with E-state index < -0.39 is 0 Å². The first-order valence-electron chi connectivity index (χ1n) is 7.79. The predicted octanol–water partition coefficient (Wildman–Crippen LogP) is 2.58. The van der Waals surface area contributed by atoms with E-state index in [1.807, 2.05) is 24.3 Å². The highest BCUT2D eigenvalue weighted by Gasteiger charge is 2.19. The molecule has 0 atom stereocenters. The van der Waals surface area contributed by atoms with Gasteiger partial charge in [0, 0.05) is 18.2 Å². The molecule has 1 fully saturated rings. The standard InChI is InChI=1S/C17H26N2O2/c1-19(15-9-4-3-5-10-15)13-17(20)18-12-14-8-6-7-11-16(14)21-2/h6-8,11,15H,3-5,9-10,12-13H2,1-2H3,(H,18,20). The van der Waals surface area contributed by atoms with Crippen LogP contribution in [0, 0.1) is 0 Å². The lowest BCUT2D eigenvalue weighted by Gasteiger charge is -2.30. The SMILES string of the molecule is COc1ccccc1CNC(=O)CN(C)C1CCCCC1. The number of benzene rings is 1. The molecule has 0 heterocycles. The van der Waals surface area contributed by atoms with Gasteiger partial charge in [-0.15, -0.1) is 0 Å². The second-order valence-corrected chi connectivity index (χ2v) is 5.80. The zero-order valence-corrected chi connectivity index (χ0v) is 13.1. The minimum Gasteiger partial charge on any atom is -0.496 e. The molecule has 0 aromatic heterocycles. The molecule has 1 amide bonds. The molecule has 1 saturated carbocycles. The van der Waals surface area contributed by atoms with Crippen LogP contribution in [0.2, 0.25) is 0 Å². The number of carbonyl (C=O) groups is 1. The first-order chi connectivity index (χ1) is 10.2. The number of likely N-dealkylation sites (N-methyl/N-ethyl adjacent to an activating group) is 1. The highest BCUT2D eigenvalue weighted by molar-refractivity contribution is 5.78. The third-order valence-corrected chi connectivity index (χ3v) is 4.26. The predicted molar refractivity (Wildman–Crippen MR) is 84.3 cm³/mol. The number of rotatable bonds is 6. The van der Waals surface area contributed by atoms with E-state index >= 15 is 0 Å². The van der Waals surface area contributed by atoms with E-state index in [2.05, 4.69) is 17.3 Å². The van der Waals surface area contributed by atoms with Crippen LogP contribution in [0.4, 0.5) is 0 Å². The molecular weight excluding hydrogens is 264 g/mol. The van der Waals surface area contributed by atoms with Gasteiger partial charge in [0.25, 0.3) is 0 Å². The first-order valence-corrected chi connectivity index (χ1v) is 7.79. The maximum absolute atomic E-state index is 12.1. The Balaban J connectivity index is 1.78. The second kappa shape index (κ2) is 8.03. The number of amides is 1. The van der Waals surface area contributed by atoms with Gasteiger partial charge in [0.2, 0.25) is 5.91 Å². The third-order valence-electron chi connectivity index (χ3n) is 4.26. The molecule has 1 N–H and O–H groups in total. The number of para-hydroxylation sites is 1. The summed E-state index contributed by atoms with van der Waals surface area (Å²) in [4.78, 5) is 14.3. The number of ether oxygens (including phenoxy) is 1. The minimum absolute atomic E-state index is 0.0778. The Bertz CT molecular complexity index is 456. The van der Waals surface area contributed by atoms with E-state index in [1.165, 1.54) is 32.1 Å². The molecule has 0 unspecified atom stereocenters. The van der Waals surface area contributed by atoms with Gasteiger partial charge in [-0.05, 0) is 26.0 Å². The van der Waals surface area contributed by atoms with Crippen molar-refractivity contribution in [1.29, 1.82) is 0 Å². The van der Waals surface area contributed by atoms with E-state index in [0.29, 0.717) is 19.1 Å². The number of nitrogens with zero attached hydrogens (tertiary/aromatic N) is 1. The van der Waals surface area contributed by atoms with Gasteiger partial charge < -0.3 is 10.1 Å². The van der Waals surface area contributed by atoms with Crippen molar-refractivity contribution < 1.29 is 9.53 Å². The normalized spacial score (nSPS) is 16.0. The molecule has 1 aliphatic carbocycles. The summed E-state index contributed by atoms with van der Waals surface area (Å²) in [5.41, 5.74) is 1.01. The highest BCUT2D eigenvalue weighted by Crippen LogP contribution is 2.21. The number of nitrogens with one attached hydrogen (secondary N) is 1. The van der Waals surface area contributed by atoms with Crippen LogP contribution in [-0.4, -0.2) is 37.6 Å². The molecule has 21 heavy (non-hydrogen) atoms. The Morgan fingerprint density at radius 3 is 2.71 bits per heavy atom. The van der Waals surface area contributed by atoms with Crippen molar-refractivity contribution >= 4 is 5.91 Å².